The van der Waals surface area contributed by atoms with Gasteiger partial charge in [-0.3, -0.25) is 4.99 Å². The summed E-state index contributed by atoms with van der Waals surface area (Å²) < 4.78 is 5.15. The van der Waals surface area contributed by atoms with Crippen LogP contribution in [0.3, 0.4) is 0 Å². The van der Waals surface area contributed by atoms with Crippen LogP contribution in [-0.4, -0.2) is 110 Å². The summed E-state index contributed by atoms with van der Waals surface area (Å²) in [5.41, 5.74) is 0. The van der Waals surface area contributed by atoms with Gasteiger partial charge in [-0.2, -0.15) is 21.5 Å². The lowest BCUT2D eigenvalue weighted by atomic mass is 10.9. The van der Waals surface area contributed by atoms with Crippen LogP contribution in [0.15, 0.2) is 9.98 Å². The number of ether oxygens (including phenoxy) is 1. The van der Waals surface area contributed by atoms with Gasteiger partial charge in [0.05, 0.1) is 18.4 Å². The largest absolute Gasteiger partial charge is 0.438 e. The molecule has 0 saturated heterocycles. The summed E-state index contributed by atoms with van der Waals surface area (Å²) in [4.78, 5) is 38.7. The Balaban J connectivity index is 3.19. The lowest BCUT2D eigenvalue weighted by Crippen LogP contribution is -2.23. The maximum Gasteiger partial charge on any atom is 0.408 e. The van der Waals surface area contributed by atoms with Crippen molar-refractivity contribution in [1.29, 1.82) is 0 Å². The first-order valence-electron chi connectivity index (χ1n) is 10.5. The van der Waals surface area contributed by atoms with Crippen molar-refractivity contribution in [3.63, 3.8) is 0 Å². The molecule has 0 bridgehead atoms. The molecule has 0 unspecified atom stereocenters. The molecule has 0 saturated carbocycles. The highest BCUT2D eigenvalue weighted by molar-refractivity contribution is 8.26. The van der Waals surface area contributed by atoms with Gasteiger partial charge in [-0.05, 0) is 0 Å². The van der Waals surface area contributed by atoms with Gasteiger partial charge >= 0.3 is 6.09 Å². The first kappa shape index (κ1) is 38.2. The summed E-state index contributed by atoms with van der Waals surface area (Å²) in [6.45, 7) is 0.646. The van der Waals surface area contributed by atoms with E-state index in [-0.39, 0.29) is 12.7 Å². The molecular weight excluding hydrogens is 659 g/mol. The van der Waals surface area contributed by atoms with Gasteiger partial charge < -0.3 is 24.9 Å². The molecule has 19 heteroatoms. The molecule has 37 heavy (non-hydrogen) atoms. The van der Waals surface area contributed by atoms with Gasteiger partial charge in [0, 0.05) is 49.1 Å². The Hall–Kier alpha value is 1.24. The molecule has 0 rings (SSSR count). The van der Waals surface area contributed by atoms with Crippen LogP contribution in [0, 0.1) is 0 Å². The van der Waals surface area contributed by atoms with E-state index in [0.29, 0.717) is 36.0 Å². The molecule has 0 atom stereocenters. The fourth-order valence-electron chi connectivity index (χ4n) is 1.48. The third-order valence-corrected chi connectivity index (χ3v) is 13.0. The summed E-state index contributed by atoms with van der Waals surface area (Å²) in [6, 6.07) is 0. The van der Waals surface area contributed by atoms with E-state index in [0.717, 1.165) is 36.3 Å². The molecule has 0 aliphatic carbocycles. The minimum atomic E-state index is -0.377. The number of amides is 1. The van der Waals surface area contributed by atoms with Gasteiger partial charge in [-0.15, -0.1) is 94.1 Å². The number of hydrogen-bond acceptors (Lipinski definition) is 18. The maximum atomic E-state index is 11.7. The normalized spacial score (nSPS) is 11.4. The van der Waals surface area contributed by atoms with Crippen LogP contribution in [0.4, 0.5) is 4.79 Å². The van der Waals surface area contributed by atoms with Gasteiger partial charge in [0.25, 0.3) is 0 Å². The Kier molecular flexibility index (Phi) is 36.4. The highest BCUT2D eigenvalue weighted by Crippen LogP contribution is 2.22. The molecule has 2 N–H and O–H groups in total. The molecule has 0 aromatic heterocycles. The molecule has 1 amide bonds. The van der Waals surface area contributed by atoms with Crippen LogP contribution >= 0.6 is 106 Å². The van der Waals surface area contributed by atoms with Crippen molar-refractivity contribution in [3.05, 3.63) is 0 Å². The number of alkyl carbamates (subject to hydrolysis) is 1. The fraction of sp³-hybridized carbons (Fsp3) is 0.833. The predicted octanol–water partition coefficient (Wildman–Crippen LogP) is 5.46. The lowest BCUT2D eigenvalue weighted by molar-refractivity contribution is -0.210. The van der Waals surface area contributed by atoms with Crippen molar-refractivity contribution in [3.8, 4) is 0 Å². The van der Waals surface area contributed by atoms with Crippen LogP contribution in [0.5, 0.6) is 0 Å². The van der Waals surface area contributed by atoms with E-state index >= 15 is 0 Å². The Morgan fingerprint density at radius 2 is 1.43 bits per heavy atom. The highest BCUT2D eigenvalue weighted by Gasteiger charge is 2.01. The number of thioether (sulfide) groups is 9. The quantitative estimate of drug-likeness (QED) is 0.0257. The second-order valence-electron chi connectivity index (χ2n) is 5.58. The SMILES string of the molecule is CN=COOCSCSCSCSCOC(=O)NCSCSCSCSCN=COOCCSCCO. The summed E-state index contributed by atoms with van der Waals surface area (Å²) >= 11 is 15.4. The minimum Gasteiger partial charge on any atom is -0.438 e. The van der Waals surface area contributed by atoms with Crippen molar-refractivity contribution in [2.45, 2.75) is 0 Å². The highest BCUT2D eigenvalue weighted by atomic mass is 32.3. The smallest absolute Gasteiger partial charge is 0.408 e. The summed E-state index contributed by atoms with van der Waals surface area (Å²) in [6.07, 6.45) is 2.19. The van der Waals surface area contributed by atoms with Gasteiger partial charge in [0.1, 0.15) is 18.5 Å². The zero-order chi connectivity index (χ0) is 26.9. The van der Waals surface area contributed by atoms with Gasteiger partial charge in [-0.1, -0.05) is 0 Å². The van der Waals surface area contributed by atoms with E-state index in [1.807, 2.05) is 23.5 Å². The van der Waals surface area contributed by atoms with E-state index in [9.17, 15) is 4.79 Å². The van der Waals surface area contributed by atoms with Crippen LogP contribution < -0.4 is 5.32 Å². The number of hydrogen-bond donors (Lipinski definition) is 2. The summed E-state index contributed by atoms with van der Waals surface area (Å²) in [7, 11) is 1.61. The minimum absolute atomic E-state index is 0.179. The number of carbonyl (C=O) groups is 1. The average Bonchev–Trinajstić information content (AvgIpc) is 2.90. The maximum absolute atomic E-state index is 11.7. The van der Waals surface area contributed by atoms with Crippen molar-refractivity contribution in [2.75, 3.05) is 85.9 Å². The average molecular weight is 694 g/mol. The molecule has 10 nitrogen and oxygen atoms in total. The van der Waals surface area contributed by atoms with E-state index in [1.54, 1.807) is 89.4 Å². The number of carbonyl (C=O) groups excluding carboxylic acids is 1. The van der Waals surface area contributed by atoms with Gasteiger partial charge in [0.2, 0.25) is 12.8 Å². The van der Waals surface area contributed by atoms with Crippen molar-refractivity contribution in [1.82, 2.24) is 5.32 Å². The second-order valence-corrected chi connectivity index (χ2v) is 16.7. The molecule has 218 valence electrons. The lowest BCUT2D eigenvalue weighted by Gasteiger charge is -2.07. The Morgan fingerprint density at radius 3 is 2.16 bits per heavy atom. The van der Waals surface area contributed by atoms with Crippen LogP contribution in [0.2, 0.25) is 0 Å². The fourth-order valence-corrected chi connectivity index (χ4v) is 10.2. The van der Waals surface area contributed by atoms with Crippen LogP contribution in [-0.2, 0) is 24.3 Å². The molecule has 0 aromatic rings. The molecule has 0 radical (unpaired) electrons. The Bertz CT molecular complexity index is 547. The monoisotopic (exact) mass is 693 g/mol. The van der Waals surface area contributed by atoms with Crippen molar-refractivity contribution >= 4 is 125 Å². The standard InChI is InChI=1S/C18H35N3O7S9/c1-19-6-26-28-11-33-15-37-17-36-14-32-10-24-18(23)21-9-31-13-35-16-34-12-30-8-20-7-27-25-3-5-29-4-2-22/h6-7,22H,2-5,8-17H2,1H3,(H,21,23). The zero-order valence-corrected chi connectivity index (χ0v) is 27.9. The third kappa shape index (κ3) is 35.2. The Labute approximate surface area is 258 Å². The summed E-state index contributed by atoms with van der Waals surface area (Å²) in [5.74, 6) is 3.46. The zero-order valence-electron chi connectivity index (χ0n) is 20.5. The number of aliphatic hydroxyl groups excluding tert-OH is 1. The van der Waals surface area contributed by atoms with Crippen LogP contribution in [0.1, 0.15) is 0 Å². The number of rotatable bonds is 29. The van der Waals surface area contributed by atoms with Crippen LogP contribution in [0.25, 0.3) is 0 Å². The first-order chi connectivity index (χ1) is 18.3. The molecule has 0 aliphatic rings. The van der Waals surface area contributed by atoms with E-state index in [1.165, 1.54) is 12.8 Å². The molecule has 0 fully saturated rings. The van der Waals surface area contributed by atoms with E-state index in [4.69, 9.17) is 24.5 Å². The number of aliphatic hydroxyl groups is 1. The van der Waals surface area contributed by atoms with Gasteiger partial charge in [-0.25, -0.2) is 9.79 Å². The summed E-state index contributed by atoms with van der Waals surface area (Å²) in [5, 5.41) is 17.0. The molecule has 0 spiro atoms. The predicted molar refractivity (Wildman–Crippen MR) is 176 cm³/mol. The molecule has 0 aromatic carbocycles. The first-order valence-corrected chi connectivity index (χ1v) is 20.9. The van der Waals surface area contributed by atoms with E-state index in [2.05, 4.69) is 20.2 Å². The molecule has 0 aliphatic heterocycles. The third-order valence-electron chi connectivity index (χ3n) is 2.84. The number of aliphatic imine (C=N–C) groups is 2. The van der Waals surface area contributed by atoms with Crippen molar-refractivity contribution < 1.29 is 34.2 Å². The van der Waals surface area contributed by atoms with Gasteiger partial charge in [0.15, 0.2) is 0 Å². The molecule has 0 heterocycles. The number of nitrogens with zero attached hydrogens (tertiary/aromatic N) is 2. The topological polar surface area (TPSA) is 120 Å². The van der Waals surface area contributed by atoms with Crippen molar-refractivity contribution in [2.24, 2.45) is 9.98 Å². The molecular formula is C18H35N3O7S9. The Morgan fingerprint density at radius 1 is 0.784 bits per heavy atom. The van der Waals surface area contributed by atoms with E-state index < -0.39 is 0 Å². The number of nitrogens with one attached hydrogen (secondary N) is 1. The second kappa shape index (κ2) is 35.3.